The van der Waals surface area contributed by atoms with Crippen molar-refractivity contribution in [3.8, 4) is 5.75 Å². The van der Waals surface area contributed by atoms with Gasteiger partial charge in [-0.05, 0) is 64.3 Å². The van der Waals surface area contributed by atoms with Crippen molar-refractivity contribution >= 4 is 11.6 Å². The lowest BCUT2D eigenvalue weighted by molar-refractivity contribution is -0.117. The second kappa shape index (κ2) is 8.19. The first-order chi connectivity index (χ1) is 12.0. The number of likely N-dealkylation sites (tertiary alicyclic amines) is 2. The summed E-state index contributed by atoms with van der Waals surface area (Å²) in [5.41, 5.74) is 2.46. The van der Waals surface area contributed by atoms with Crippen molar-refractivity contribution in [3.63, 3.8) is 0 Å². The number of phenolic OH excluding ortho intramolecular Hbond substituents is 1. The Morgan fingerprint density at radius 2 is 1.80 bits per heavy atom. The number of carbonyl (C=O) groups is 1. The highest BCUT2D eigenvalue weighted by Crippen LogP contribution is 2.28. The molecule has 0 aromatic heterocycles. The lowest BCUT2D eigenvalue weighted by Crippen LogP contribution is -2.48. The van der Waals surface area contributed by atoms with Crippen LogP contribution in [0.5, 0.6) is 5.75 Å². The Morgan fingerprint density at radius 1 is 1.12 bits per heavy atom. The quantitative estimate of drug-likeness (QED) is 0.881. The summed E-state index contributed by atoms with van der Waals surface area (Å²) in [4.78, 5) is 17.3. The summed E-state index contributed by atoms with van der Waals surface area (Å²) in [6.45, 7) is 8.71. The molecule has 2 fully saturated rings. The van der Waals surface area contributed by atoms with Gasteiger partial charge in [0.2, 0.25) is 5.91 Å². The minimum atomic E-state index is 0.00761. The highest BCUT2D eigenvalue weighted by molar-refractivity contribution is 5.94. The van der Waals surface area contributed by atoms with Crippen LogP contribution in [0, 0.1) is 13.8 Å². The van der Waals surface area contributed by atoms with E-state index in [0.29, 0.717) is 12.6 Å². The molecule has 1 aromatic rings. The molecule has 5 nitrogen and oxygen atoms in total. The third kappa shape index (κ3) is 4.53. The van der Waals surface area contributed by atoms with Crippen molar-refractivity contribution in [1.29, 1.82) is 0 Å². The third-order valence-corrected chi connectivity index (χ3v) is 5.74. The molecule has 25 heavy (non-hydrogen) atoms. The fraction of sp³-hybridized carbons (Fsp3) is 0.650. The molecule has 2 saturated heterocycles. The Kier molecular flexibility index (Phi) is 5.97. The summed E-state index contributed by atoms with van der Waals surface area (Å²) < 4.78 is 0. The number of nitrogens with one attached hydrogen (secondary N) is 1. The molecule has 138 valence electrons. The number of benzene rings is 1. The van der Waals surface area contributed by atoms with Gasteiger partial charge in [0.25, 0.3) is 0 Å². The smallest absolute Gasteiger partial charge is 0.238 e. The largest absolute Gasteiger partial charge is 0.508 e. The average molecular weight is 345 g/mol. The molecule has 0 aliphatic carbocycles. The molecule has 0 unspecified atom stereocenters. The van der Waals surface area contributed by atoms with Crippen LogP contribution < -0.4 is 5.32 Å². The molecule has 2 N–H and O–H groups in total. The van der Waals surface area contributed by atoms with Crippen LogP contribution in [-0.2, 0) is 4.79 Å². The van der Waals surface area contributed by atoms with Gasteiger partial charge in [0.05, 0.1) is 12.2 Å². The second-order valence-electron chi connectivity index (χ2n) is 7.55. The number of carbonyl (C=O) groups excluding carboxylic acids is 1. The van der Waals surface area contributed by atoms with Gasteiger partial charge in [0.1, 0.15) is 5.75 Å². The first-order valence-electron chi connectivity index (χ1n) is 9.60. The van der Waals surface area contributed by atoms with Gasteiger partial charge in [0, 0.05) is 24.7 Å². The zero-order valence-electron chi connectivity index (χ0n) is 15.6. The predicted molar refractivity (Wildman–Crippen MR) is 101 cm³/mol. The molecular formula is C20H31N3O2. The number of amides is 1. The van der Waals surface area contributed by atoms with Crippen molar-refractivity contribution < 1.29 is 9.90 Å². The van der Waals surface area contributed by atoms with Gasteiger partial charge in [-0.3, -0.25) is 9.69 Å². The summed E-state index contributed by atoms with van der Waals surface area (Å²) in [5.74, 6) is 0.233. The zero-order chi connectivity index (χ0) is 17.8. The average Bonchev–Trinajstić information content (AvgIpc) is 2.63. The summed E-state index contributed by atoms with van der Waals surface area (Å²) in [6.07, 6.45) is 6.38. The number of phenols is 1. The monoisotopic (exact) mass is 345 g/mol. The van der Waals surface area contributed by atoms with Gasteiger partial charge in [0.15, 0.2) is 0 Å². The summed E-state index contributed by atoms with van der Waals surface area (Å²) in [7, 11) is 0. The van der Waals surface area contributed by atoms with Crippen molar-refractivity contribution in [1.82, 2.24) is 9.80 Å². The summed E-state index contributed by atoms with van der Waals surface area (Å²) in [6, 6.07) is 4.21. The van der Waals surface area contributed by atoms with Gasteiger partial charge in [-0.25, -0.2) is 0 Å². The number of piperidine rings is 2. The number of nitrogens with zero attached hydrogens (tertiary/aromatic N) is 2. The number of aryl methyl sites for hydroxylation is 1. The molecule has 0 radical (unpaired) electrons. The van der Waals surface area contributed by atoms with E-state index in [1.807, 2.05) is 19.9 Å². The van der Waals surface area contributed by atoms with E-state index in [0.717, 1.165) is 42.7 Å². The molecule has 2 aliphatic rings. The van der Waals surface area contributed by atoms with Crippen LogP contribution in [-0.4, -0.2) is 59.6 Å². The van der Waals surface area contributed by atoms with Crippen molar-refractivity contribution in [3.05, 3.63) is 23.3 Å². The van der Waals surface area contributed by atoms with E-state index < -0.39 is 0 Å². The number of aromatic hydroxyl groups is 1. The molecule has 5 heteroatoms. The Morgan fingerprint density at radius 3 is 2.48 bits per heavy atom. The van der Waals surface area contributed by atoms with E-state index in [1.165, 1.54) is 32.4 Å². The van der Waals surface area contributed by atoms with Crippen molar-refractivity contribution in [2.24, 2.45) is 0 Å². The summed E-state index contributed by atoms with van der Waals surface area (Å²) in [5, 5.41) is 12.8. The minimum Gasteiger partial charge on any atom is -0.508 e. The van der Waals surface area contributed by atoms with E-state index in [2.05, 4.69) is 15.1 Å². The van der Waals surface area contributed by atoms with Gasteiger partial charge < -0.3 is 15.3 Å². The maximum Gasteiger partial charge on any atom is 0.238 e. The number of rotatable bonds is 4. The number of anilines is 1. The first-order valence-corrected chi connectivity index (χ1v) is 9.60. The van der Waals surface area contributed by atoms with Gasteiger partial charge in [-0.2, -0.15) is 0 Å². The fourth-order valence-electron chi connectivity index (χ4n) is 4.14. The minimum absolute atomic E-state index is 0.00761. The molecule has 1 amide bonds. The molecule has 2 aliphatic heterocycles. The lowest BCUT2D eigenvalue weighted by Gasteiger charge is -2.40. The van der Waals surface area contributed by atoms with Gasteiger partial charge in [-0.1, -0.05) is 12.5 Å². The normalized spacial score (nSPS) is 20.6. The standard InChI is InChI=1S/C20H31N3O2/c1-15-6-7-18(24)16(2)20(15)21-19(25)14-22-12-8-17(9-13-22)23-10-4-3-5-11-23/h6-7,17,24H,3-5,8-14H2,1-2H3,(H,21,25). The van der Waals surface area contributed by atoms with Crippen LogP contribution in [0.3, 0.4) is 0 Å². The van der Waals surface area contributed by atoms with E-state index in [1.54, 1.807) is 6.07 Å². The van der Waals surface area contributed by atoms with Crippen LogP contribution in [0.15, 0.2) is 12.1 Å². The number of hydrogen-bond acceptors (Lipinski definition) is 4. The molecule has 0 atom stereocenters. The van der Waals surface area contributed by atoms with Crippen LogP contribution in [0.4, 0.5) is 5.69 Å². The van der Waals surface area contributed by atoms with E-state index in [4.69, 9.17) is 0 Å². The van der Waals surface area contributed by atoms with Crippen LogP contribution in [0.1, 0.15) is 43.2 Å². The molecule has 3 rings (SSSR count). The number of hydrogen-bond donors (Lipinski definition) is 2. The van der Waals surface area contributed by atoms with Gasteiger partial charge >= 0.3 is 0 Å². The maximum atomic E-state index is 12.4. The molecule has 2 heterocycles. The SMILES string of the molecule is Cc1ccc(O)c(C)c1NC(=O)CN1CCC(N2CCCCC2)CC1. The molecule has 0 spiro atoms. The van der Waals surface area contributed by atoms with E-state index in [-0.39, 0.29) is 11.7 Å². The third-order valence-electron chi connectivity index (χ3n) is 5.74. The van der Waals surface area contributed by atoms with E-state index in [9.17, 15) is 9.90 Å². The van der Waals surface area contributed by atoms with Gasteiger partial charge in [-0.15, -0.1) is 0 Å². The maximum absolute atomic E-state index is 12.4. The Hall–Kier alpha value is -1.59. The Balaban J connectivity index is 1.49. The lowest BCUT2D eigenvalue weighted by atomic mass is 10.00. The predicted octanol–water partition coefficient (Wildman–Crippen LogP) is 2.90. The Bertz CT molecular complexity index is 603. The van der Waals surface area contributed by atoms with E-state index >= 15 is 0 Å². The first kappa shape index (κ1) is 18.2. The molecule has 0 bridgehead atoms. The summed E-state index contributed by atoms with van der Waals surface area (Å²) >= 11 is 0. The zero-order valence-corrected chi connectivity index (χ0v) is 15.6. The van der Waals surface area contributed by atoms with Crippen LogP contribution in [0.2, 0.25) is 0 Å². The molecular weight excluding hydrogens is 314 g/mol. The van der Waals surface area contributed by atoms with Crippen molar-refractivity contribution in [2.75, 3.05) is 38.0 Å². The second-order valence-corrected chi connectivity index (χ2v) is 7.55. The van der Waals surface area contributed by atoms with Crippen LogP contribution in [0.25, 0.3) is 0 Å². The fourth-order valence-corrected chi connectivity index (χ4v) is 4.14. The highest BCUT2D eigenvalue weighted by atomic mass is 16.3. The van der Waals surface area contributed by atoms with Crippen molar-refractivity contribution in [2.45, 2.75) is 52.0 Å². The van der Waals surface area contributed by atoms with Crippen LogP contribution >= 0.6 is 0 Å². The highest BCUT2D eigenvalue weighted by Gasteiger charge is 2.26. The molecule has 0 saturated carbocycles. The molecule has 1 aromatic carbocycles. The Labute approximate surface area is 151 Å². The topological polar surface area (TPSA) is 55.8 Å².